The van der Waals surface area contributed by atoms with Crippen LogP contribution in [0.2, 0.25) is 0 Å². The average Bonchev–Trinajstić information content (AvgIpc) is 2.51. The molecule has 0 saturated heterocycles. The number of benzene rings is 1. The van der Waals surface area contributed by atoms with E-state index in [2.05, 4.69) is 15.4 Å². The van der Waals surface area contributed by atoms with Crippen LogP contribution in [0.15, 0.2) is 29.2 Å². The van der Waals surface area contributed by atoms with Gasteiger partial charge in [-0.25, -0.2) is 13.1 Å². The van der Waals surface area contributed by atoms with E-state index in [1.165, 1.54) is 25.2 Å². The third kappa shape index (κ3) is 5.62. The molecule has 0 unspecified atom stereocenters. The van der Waals surface area contributed by atoms with Crippen molar-refractivity contribution in [2.75, 3.05) is 18.9 Å². The standard InChI is InChI=1S/C14H22N4O4S/c1-9(2)13(15)14(20)17-8-12(19)18-10-5-4-6-11(7-10)23(21,22)16-3/h4-7,9,13,16H,8,15H2,1-3H3,(H,17,20)(H,18,19)/t13-/m0/s1. The minimum absolute atomic E-state index is 0.0312. The zero-order valence-corrected chi connectivity index (χ0v) is 14.1. The van der Waals surface area contributed by atoms with Crippen LogP contribution in [0.3, 0.4) is 0 Å². The van der Waals surface area contributed by atoms with Gasteiger partial charge in [-0.1, -0.05) is 19.9 Å². The third-order valence-corrected chi connectivity index (χ3v) is 4.55. The molecule has 0 radical (unpaired) electrons. The second kappa shape index (κ2) is 8.04. The molecule has 1 atom stereocenters. The minimum atomic E-state index is -3.59. The Kier molecular flexibility index (Phi) is 6.67. The lowest BCUT2D eigenvalue weighted by molar-refractivity contribution is -0.125. The maximum absolute atomic E-state index is 11.8. The molecule has 1 aromatic carbocycles. The molecule has 0 fully saturated rings. The first-order chi connectivity index (χ1) is 10.7. The SMILES string of the molecule is CNS(=O)(=O)c1cccc(NC(=O)CNC(=O)[C@@H](N)C(C)C)c1. The Morgan fingerprint density at radius 1 is 1.26 bits per heavy atom. The number of carbonyl (C=O) groups is 2. The molecular formula is C14H22N4O4S. The van der Waals surface area contributed by atoms with Crippen LogP contribution in [0, 0.1) is 5.92 Å². The summed E-state index contributed by atoms with van der Waals surface area (Å²) in [7, 11) is -2.29. The van der Waals surface area contributed by atoms with Crippen molar-refractivity contribution < 1.29 is 18.0 Å². The molecule has 0 aliphatic heterocycles. The fourth-order valence-corrected chi connectivity index (χ4v) is 2.43. The predicted octanol–water partition coefficient (Wildman–Crippen LogP) is -0.367. The smallest absolute Gasteiger partial charge is 0.243 e. The van der Waals surface area contributed by atoms with Gasteiger partial charge in [0.1, 0.15) is 0 Å². The molecule has 1 aromatic rings. The number of carbonyl (C=O) groups excluding carboxylic acids is 2. The molecule has 0 bridgehead atoms. The number of amides is 2. The summed E-state index contributed by atoms with van der Waals surface area (Å²) in [4.78, 5) is 23.5. The molecule has 9 heteroatoms. The van der Waals surface area contributed by atoms with Gasteiger partial charge in [0.2, 0.25) is 21.8 Å². The van der Waals surface area contributed by atoms with E-state index in [0.29, 0.717) is 5.69 Å². The van der Waals surface area contributed by atoms with E-state index in [9.17, 15) is 18.0 Å². The molecule has 5 N–H and O–H groups in total. The molecule has 2 amide bonds. The summed E-state index contributed by atoms with van der Waals surface area (Å²) in [5.41, 5.74) is 5.98. The van der Waals surface area contributed by atoms with E-state index in [1.807, 2.05) is 0 Å². The van der Waals surface area contributed by atoms with Gasteiger partial charge in [-0.3, -0.25) is 9.59 Å². The first-order valence-electron chi connectivity index (χ1n) is 7.04. The van der Waals surface area contributed by atoms with Gasteiger partial charge in [0.15, 0.2) is 0 Å². The van der Waals surface area contributed by atoms with Crippen molar-refractivity contribution in [3.05, 3.63) is 24.3 Å². The number of sulfonamides is 1. The van der Waals surface area contributed by atoms with Gasteiger partial charge < -0.3 is 16.4 Å². The first kappa shape index (κ1) is 19.1. The minimum Gasteiger partial charge on any atom is -0.346 e. The predicted molar refractivity (Wildman–Crippen MR) is 87.1 cm³/mol. The van der Waals surface area contributed by atoms with Gasteiger partial charge in [-0.2, -0.15) is 0 Å². The molecule has 0 heterocycles. The fourth-order valence-electron chi connectivity index (χ4n) is 1.65. The number of nitrogens with one attached hydrogen (secondary N) is 3. The number of nitrogens with two attached hydrogens (primary N) is 1. The second-order valence-electron chi connectivity index (χ2n) is 5.27. The summed E-state index contributed by atoms with van der Waals surface area (Å²) in [5.74, 6) is -0.934. The summed E-state index contributed by atoms with van der Waals surface area (Å²) >= 11 is 0. The van der Waals surface area contributed by atoms with Gasteiger partial charge >= 0.3 is 0 Å². The van der Waals surface area contributed by atoms with Crippen LogP contribution in [-0.4, -0.2) is 39.9 Å². The third-order valence-electron chi connectivity index (χ3n) is 3.14. The van der Waals surface area contributed by atoms with Crippen molar-refractivity contribution in [3.8, 4) is 0 Å². The Hall–Kier alpha value is -1.97. The van der Waals surface area contributed by atoms with E-state index < -0.39 is 27.9 Å². The molecule has 0 aliphatic carbocycles. The van der Waals surface area contributed by atoms with Crippen molar-refractivity contribution >= 4 is 27.5 Å². The van der Waals surface area contributed by atoms with Crippen LogP contribution in [-0.2, 0) is 19.6 Å². The molecule has 1 rings (SSSR count). The van der Waals surface area contributed by atoms with Crippen molar-refractivity contribution in [2.24, 2.45) is 11.7 Å². The lowest BCUT2D eigenvalue weighted by Gasteiger charge is -2.15. The highest BCUT2D eigenvalue weighted by Crippen LogP contribution is 2.14. The molecule has 0 spiro atoms. The van der Waals surface area contributed by atoms with E-state index in [0.717, 1.165) is 0 Å². The van der Waals surface area contributed by atoms with E-state index in [-0.39, 0.29) is 17.4 Å². The number of rotatable bonds is 7. The van der Waals surface area contributed by atoms with Gasteiger partial charge in [0, 0.05) is 5.69 Å². The maximum atomic E-state index is 11.8. The Labute approximate surface area is 135 Å². The Morgan fingerprint density at radius 3 is 2.48 bits per heavy atom. The highest BCUT2D eigenvalue weighted by atomic mass is 32.2. The summed E-state index contributed by atoms with van der Waals surface area (Å²) in [6.45, 7) is 3.36. The van der Waals surface area contributed by atoms with E-state index in [1.54, 1.807) is 19.9 Å². The quantitative estimate of drug-likeness (QED) is 0.537. The topological polar surface area (TPSA) is 130 Å². The van der Waals surface area contributed by atoms with Gasteiger partial charge in [0.25, 0.3) is 0 Å². The molecule has 23 heavy (non-hydrogen) atoms. The normalized spacial score (nSPS) is 12.7. The van der Waals surface area contributed by atoms with E-state index >= 15 is 0 Å². The van der Waals surface area contributed by atoms with Gasteiger partial charge in [-0.05, 0) is 31.2 Å². The van der Waals surface area contributed by atoms with Crippen LogP contribution in [0.1, 0.15) is 13.8 Å². The van der Waals surface area contributed by atoms with Crippen molar-refractivity contribution in [2.45, 2.75) is 24.8 Å². The Balaban J connectivity index is 2.65. The monoisotopic (exact) mass is 342 g/mol. The molecule has 0 aliphatic rings. The average molecular weight is 342 g/mol. The zero-order chi connectivity index (χ0) is 17.6. The maximum Gasteiger partial charge on any atom is 0.243 e. The van der Waals surface area contributed by atoms with Crippen LogP contribution in [0.4, 0.5) is 5.69 Å². The molecule has 128 valence electrons. The van der Waals surface area contributed by atoms with E-state index in [4.69, 9.17) is 5.73 Å². The number of hydrogen-bond acceptors (Lipinski definition) is 5. The highest BCUT2D eigenvalue weighted by Gasteiger charge is 2.18. The summed E-state index contributed by atoms with van der Waals surface area (Å²) in [6, 6.07) is 5.10. The Bertz CT molecular complexity index is 673. The van der Waals surface area contributed by atoms with Crippen molar-refractivity contribution in [3.63, 3.8) is 0 Å². The zero-order valence-electron chi connectivity index (χ0n) is 13.3. The molecular weight excluding hydrogens is 320 g/mol. The summed E-state index contributed by atoms with van der Waals surface area (Å²) in [6.07, 6.45) is 0. The Morgan fingerprint density at radius 2 is 1.91 bits per heavy atom. The summed E-state index contributed by atoms with van der Waals surface area (Å²) in [5, 5.41) is 4.95. The highest BCUT2D eigenvalue weighted by molar-refractivity contribution is 7.89. The molecule has 0 aromatic heterocycles. The number of hydrogen-bond donors (Lipinski definition) is 4. The summed E-state index contributed by atoms with van der Waals surface area (Å²) < 4.78 is 25.6. The van der Waals surface area contributed by atoms with Crippen molar-refractivity contribution in [1.29, 1.82) is 0 Å². The number of anilines is 1. The largest absolute Gasteiger partial charge is 0.346 e. The van der Waals surface area contributed by atoms with Crippen LogP contribution in [0.25, 0.3) is 0 Å². The van der Waals surface area contributed by atoms with Crippen LogP contribution in [0.5, 0.6) is 0 Å². The van der Waals surface area contributed by atoms with Gasteiger partial charge in [-0.15, -0.1) is 0 Å². The van der Waals surface area contributed by atoms with Crippen LogP contribution < -0.4 is 21.1 Å². The lowest BCUT2D eigenvalue weighted by atomic mass is 10.1. The fraction of sp³-hybridized carbons (Fsp3) is 0.429. The second-order valence-corrected chi connectivity index (χ2v) is 7.16. The molecule has 0 saturated carbocycles. The first-order valence-corrected chi connectivity index (χ1v) is 8.52. The molecule has 8 nitrogen and oxygen atoms in total. The van der Waals surface area contributed by atoms with Crippen LogP contribution >= 0.6 is 0 Å². The lowest BCUT2D eigenvalue weighted by Crippen LogP contribution is -2.46. The van der Waals surface area contributed by atoms with Gasteiger partial charge in [0.05, 0.1) is 17.5 Å². The van der Waals surface area contributed by atoms with Crippen molar-refractivity contribution in [1.82, 2.24) is 10.0 Å².